The fraction of sp³-hybridized carbons (Fsp3) is 0.667. The highest BCUT2D eigenvalue weighted by Gasteiger charge is 2.09. The molecule has 13 heavy (non-hydrogen) atoms. The van der Waals surface area contributed by atoms with Gasteiger partial charge in [0, 0.05) is 20.0 Å². The maximum atomic E-state index is 11.1. The molecule has 0 fully saturated rings. The average molecular weight is 185 g/mol. The van der Waals surface area contributed by atoms with Crippen LogP contribution in [-0.4, -0.2) is 37.4 Å². The zero-order chi connectivity index (χ0) is 10.1. The van der Waals surface area contributed by atoms with Crippen molar-refractivity contribution in [2.75, 3.05) is 20.3 Å². The maximum Gasteiger partial charge on any atom is 0.221 e. The summed E-state index contributed by atoms with van der Waals surface area (Å²) in [5.74, 6) is 2.21. The highest BCUT2D eigenvalue weighted by atomic mass is 16.5. The number of carbonyl (C=O) groups excluding carboxylic acids is 1. The van der Waals surface area contributed by atoms with Gasteiger partial charge >= 0.3 is 0 Å². The molecule has 2 N–H and O–H groups in total. The van der Waals surface area contributed by atoms with E-state index in [4.69, 9.17) is 16.3 Å². The van der Waals surface area contributed by atoms with E-state index in [-0.39, 0.29) is 25.0 Å². The van der Waals surface area contributed by atoms with Gasteiger partial charge in [0.2, 0.25) is 5.91 Å². The summed E-state index contributed by atoms with van der Waals surface area (Å²) in [5.41, 5.74) is 0. The number of hydrogen-bond acceptors (Lipinski definition) is 3. The first-order chi connectivity index (χ1) is 6.24. The van der Waals surface area contributed by atoms with Crippen molar-refractivity contribution in [3.8, 4) is 12.3 Å². The van der Waals surface area contributed by atoms with Crippen LogP contribution in [0.1, 0.15) is 12.8 Å². The number of ether oxygens (including phenoxy) is 1. The van der Waals surface area contributed by atoms with Gasteiger partial charge in [0.15, 0.2) is 0 Å². The summed E-state index contributed by atoms with van der Waals surface area (Å²) in [6.45, 7) is 0.175. The van der Waals surface area contributed by atoms with Crippen LogP contribution in [0, 0.1) is 12.3 Å². The van der Waals surface area contributed by atoms with E-state index in [0.29, 0.717) is 13.0 Å². The molecule has 1 amide bonds. The first kappa shape index (κ1) is 11.9. The van der Waals surface area contributed by atoms with Crippen molar-refractivity contribution in [2.24, 2.45) is 0 Å². The molecule has 0 bridgehead atoms. The van der Waals surface area contributed by atoms with Crippen molar-refractivity contribution in [1.29, 1.82) is 0 Å². The first-order valence-electron chi connectivity index (χ1n) is 4.07. The number of aliphatic hydroxyl groups is 1. The lowest BCUT2D eigenvalue weighted by Crippen LogP contribution is -2.40. The van der Waals surface area contributed by atoms with Gasteiger partial charge in [-0.05, 0) is 0 Å². The van der Waals surface area contributed by atoms with Gasteiger partial charge in [-0.15, -0.1) is 12.3 Å². The minimum atomic E-state index is -0.338. The van der Waals surface area contributed by atoms with Crippen molar-refractivity contribution in [3.05, 3.63) is 0 Å². The molecule has 0 rings (SSSR count). The Bertz CT molecular complexity index is 186. The van der Waals surface area contributed by atoms with Gasteiger partial charge in [0.25, 0.3) is 0 Å². The molecule has 1 atom stereocenters. The van der Waals surface area contributed by atoms with Crippen molar-refractivity contribution in [2.45, 2.75) is 18.9 Å². The molecule has 0 aliphatic carbocycles. The third-order valence-corrected chi connectivity index (χ3v) is 1.45. The van der Waals surface area contributed by atoms with Crippen molar-refractivity contribution >= 4 is 5.91 Å². The van der Waals surface area contributed by atoms with Crippen molar-refractivity contribution < 1.29 is 14.6 Å². The summed E-state index contributed by atoms with van der Waals surface area (Å²) in [6, 6.07) is -0.338. The summed E-state index contributed by atoms with van der Waals surface area (Å²) < 4.78 is 4.79. The Labute approximate surface area is 78.3 Å². The second-order valence-corrected chi connectivity index (χ2v) is 2.61. The first-order valence-corrected chi connectivity index (χ1v) is 4.07. The molecule has 0 aromatic carbocycles. The van der Waals surface area contributed by atoms with Gasteiger partial charge in [-0.1, -0.05) is 0 Å². The zero-order valence-electron chi connectivity index (χ0n) is 7.75. The summed E-state index contributed by atoms with van der Waals surface area (Å²) in [7, 11) is 1.51. The molecule has 4 heteroatoms. The SMILES string of the molecule is C#CCCC(=O)NC(CO)COC. The topological polar surface area (TPSA) is 58.6 Å². The summed E-state index contributed by atoms with van der Waals surface area (Å²) in [4.78, 5) is 11.1. The van der Waals surface area contributed by atoms with Gasteiger partial charge < -0.3 is 15.2 Å². The van der Waals surface area contributed by atoms with E-state index in [1.54, 1.807) is 0 Å². The van der Waals surface area contributed by atoms with Crippen LogP contribution in [0.5, 0.6) is 0 Å². The van der Waals surface area contributed by atoms with Crippen molar-refractivity contribution in [3.63, 3.8) is 0 Å². The van der Waals surface area contributed by atoms with E-state index < -0.39 is 0 Å². The average Bonchev–Trinajstić information content (AvgIpc) is 2.14. The molecule has 0 aliphatic rings. The molecular formula is C9H15NO3. The molecule has 0 saturated heterocycles. The molecule has 1 unspecified atom stereocenters. The molecular weight excluding hydrogens is 170 g/mol. The van der Waals surface area contributed by atoms with E-state index in [1.165, 1.54) is 7.11 Å². The van der Waals surface area contributed by atoms with Crippen LogP contribution < -0.4 is 5.32 Å². The molecule has 74 valence electrons. The predicted molar refractivity (Wildman–Crippen MR) is 49.0 cm³/mol. The standard InChI is InChI=1S/C9H15NO3/c1-3-4-5-9(12)10-8(6-11)7-13-2/h1,8,11H,4-7H2,2H3,(H,10,12). The Balaban J connectivity index is 3.67. The van der Waals surface area contributed by atoms with Gasteiger partial charge in [0.1, 0.15) is 0 Å². The van der Waals surface area contributed by atoms with E-state index in [9.17, 15) is 4.79 Å². The Kier molecular flexibility index (Phi) is 6.98. The third kappa shape index (κ3) is 6.14. The lowest BCUT2D eigenvalue weighted by Gasteiger charge is -2.14. The van der Waals surface area contributed by atoms with Gasteiger partial charge in [-0.2, -0.15) is 0 Å². The molecule has 0 aromatic rings. The summed E-state index contributed by atoms with van der Waals surface area (Å²) in [5, 5.41) is 11.4. The summed E-state index contributed by atoms with van der Waals surface area (Å²) in [6.07, 6.45) is 5.70. The number of methoxy groups -OCH3 is 1. The van der Waals surface area contributed by atoms with Crippen LogP contribution in [0.15, 0.2) is 0 Å². The number of carbonyl (C=O) groups is 1. The molecule has 0 heterocycles. The van der Waals surface area contributed by atoms with Crippen LogP contribution in [0.25, 0.3) is 0 Å². The second-order valence-electron chi connectivity index (χ2n) is 2.61. The fourth-order valence-corrected chi connectivity index (χ4v) is 0.827. The number of terminal acetylenes is 1. The Morgan fingerprint density at radius 3 is 2.92 bits per heavy atom. The quantitative estimate of drug-likeness (QED) is 0.550. The minimum absolute atomic E-state index is 0.129. The Morgan fingerprint density at radius 1 is 1.77 bits per heavy atom. The number of amides is 1. The normalized spacial score (nSPS) is 11.8. The molecule has 4 nitrogen and oxygen atoms in total. The lowest BCUT2D eigenvalue weighted by atomic mass is 10.2. The zero-order valence-corrected chi connectivity index (χ0v) is 7.75. The molecule has 0 saturated carbocycles. The Morgan fingerprint density at radius 2 is 2.46 bits per heavy atom. The molecule has 0 aliphatic heterocycles. The smallest absolute Gasteiger partial charge is 0.221 e. The van der Waals surface area contributed by atoms with Crippen LogP contribution in [0.2, 0.25) is 0 Å². The van der Waals surface area contributed by atoms with E-state index in [0.717, 1.165) is 0 Å². The molecule has 0 spiro atoms. The number of hydrogen-bond donors (Lipinski definition) is 2. The number of aliphatic hydroxyl groups excluding tert-OH is 1. The van der Waals surface area contributed by atoms with E-state index in [1.807, 2.05) is 0 Å². The summed E-state index contributed by atoms with van der Waals surface area (Å²) >= 11 is 0. The van der Waals surface area contributed by atoms with E-state index >= 15 is 0 Å². The van der Waals surface area contributed by atoms with Gasteiger partial charge in [-0.25, -0.2) is 0 Å². The van der Waals surface area contributed by atoms with Crippen LogP contribution >= 0.6 is 0 Å². The third-order valence-electron chi connectivity index (χ3n) is 1.45. The monoisotopic (exact) mass is 185 g/mol. The second kappa shape index (κ2) is 7.59. The highest BCUT2D eigenvalue weighted by Crippen LogP contribution is 1.89. The molecule has 0 radical (unpaired) electrons. The number of rotatable bonds is 6. The van der Waals surface area contributed by atoms with Crippen LogP contribution in [-0.2, 0) is 9.53 Å². The number of nitrogens with one attached hydrogen (secondary N) is 1. The van der Waals surface area contributed by atoms with Crippen LogP contribution in [0.3, 0.4) is 0 Å². The molecule has 0 aromatic heterocycles. The minimum Gasteiger partial charge on any atom is -0.394 e. The predicted octanol–water partition coefficient (Wildman–Crippen LogP) is -0.477. The van der Waals surface area contributed by atoms with Gasteiger partial charge in [0.05, 0.1) is 19.3 Å². The highest BCUT2D eigenvalue weighted by molar-refractivity contribution is 5.76. The van der Waals surface area contributed by atoms with E-state index in [2.05, 4.69) is 11.2 Å². The fourth-order valence-electron chi connectivity index (χ4n) is 0.827. The largest absolute Gasteiger partial charge is 0.394 e. The van der Waals surface area contributed by atoms with Gasteiger partial charge in [-0.3, -0.25) is 4.79 Å². The lowest BCUT2D eigenvalue weighted by molar-refractivity contribution is -0.122. The Hall–Kier alpha value is -1.05. The van der Waals surface area contributed by atoms with Crippen molar-refractivity contribution in [1.82, 2.24) is 5.32 Å². The van der Waals surface area contributed by atoms with Crippen LogP contribution in [0.4, 0.5) is 0 Å². The maximum absolute atomic E-state index is 11.1.